The van der Waals surface area contributed by atoms with Gasteiger partial charge in [0.2, 0.25) is 5.89 Å². The molecule has 0 fully saturated rings. The molecular formula is C24H21F3N5O4-. The van der Waals surface area contributed by atoms with E-state index < -0.39 is 17.7 Å². The van der Waals surface area contributed by atoms with E-state index in [1.165, 1.54) is 24.3 Å². The van der Waals surface area contributed by atoms with Crippen LogP contribution in [0.3, 0.4) is 0 Å². The third-order valence-electron chi connectivity index (χ3n) is 4.52. The standard InChI is InChI=1S/C13H8F3NO3.C11H13N4O/c14-13(15,16)9-4-1-8(2-5-9)3-6-11-17-10(7-20-11)12(18)19;12-10-2-4-11(5-3-10)16-9-1-7-15-8-6-13-14-15/h1-7H,(H,18,19);2-6,8,12H,1,7,9H2/q;-1. The Hall–Kier alpha value is -4.61. The lowest BCUT2D eigenvalue weighted by molar-refractivity contribution is -0.137. The Morgan fingerprint density at radius 2 is 1.83 bits per heavy atom. The van der Waals surface area contributed by atoms with Crippen molar-refractivity contribution in [1.82, 2.24) is 20.0 Å². The van der Waals surface area contributed by atoms with Gasteiger partial charge in [-0.3, -0.25) is 4.68 Å². The first-order valence-corrected chi connectivity index (χ1v) is 10.5. The van der Waals surface area contributed by atoms with Crippen molar-refractivity contribution < 1.29 is 32.2 Å². The monoisotopic (exact) mass is 500 g/mol. The minimum atomic E-state index is -4.37. The van der Waals surface area contributed by atoms with Crippen LogP contribution in [-0.4, -0.2) is 37.7 Å². The number of aromatic nitrogens is 4. The highest BCUT2D eigenvalue weighted by atomic mass is 19.4. The third-order valence-corrected chi connectivity index (χ3v) is 4.52. The van der Waals surface area contributed by atoms with Gasteiger partial charge in [-0.25, -0.2) is 9.78 Å². The summed E-state index contributed by atoms with van der Waals surface area (Å²) in [6.45, 7) is 1.44. The molecular weight excluding hydrogens is 479 g/mol. The minimum Gasteiger partial charge on any atom is -0.699 e. The molecule has 0 aliphatic carbocycles. The van der Waals surface area contributed by atoms with Gasteiger partial charge in [-0.2, -0.15) is 13.2 Å². The number of aromatic carboxylic acids is 1. The second kappa shape index (κ2) is 12.2. The summed E-state index contributed by atoms with van der Waals surface area (Å²) >= 11 is 0. The lowest BCUT2D eigenvalue weighted by Crippen LogP contribution is -2.05. The highest BCUT2D eigenvalue weighted by Crippen LogP contribution is 2.29. The number of ether oxygens (including phenoxy) is 1. The number of rotatable bonds is 8. The number of nitrogens with zero attached hydrogens (tertiary/aromatic N) is 4. The van der Waals surface area contributed by atoms with E-state index in [-0.39, 0.29) is 11.6 Å². The van der Waals surface area contributed by atoms with E-state index in [9.17, 15) is 18.0 Å². The van der Waals surface area contributed by atoms with Gasteiger partial charge in [0.05, 0.1) is 18.4 Å². The van der Waals surface area contributed by atoms with Crippen molar-refractivity contribution in [3.63, 3.8) is 0 Å². The van der Waals surface area contributed by atoms with Crippen molar-refractivity contribution in [2.75, 3.05) is 6.61 Å². The number of aryl methyl sites for hydroxylation is 1. The molecule has 0 saturated heterocycles. The summed E-state index contributed by atoms with van der Waals surface area (Å²) in [5, 5.41) is 16.2. The van der Waals surface area contributed by atoms with Crippen LogP contribution in [0.25, 0.3) is 17.9 Å². The first-order valence-electron chi connectivity index (χ1n) is 10.5. The lowest BCUT2D eigenvalue weighted by Gasteiger charge is -2.07. The first-order chi connectivity index (χ1) is 17.2. The SMILES string of the molecule is O=C(O)c1coc(C=Cc2ccc(C(F)(F)F)cc2)n1.[NH-]c1ccc(OCCCn2ccnn2)cc1. The third kappa shape index (κ3) is 8.31. The number of benzene rings is 2. The minimum absolute atomic E-state index is 0.0577. The molecule has 36 heavy (non-hydrogen) atoms. The van der Waals surface area contributed by atoms with Crippen LogP contribution in [0.1, 0.15) is 33.9 Å². The number of nitrogens with one attached hydrogen (secondary N) is 1. The van der Waals surface area contributed by atoms with E-state index in [1.807, 2.05) is 6.20 Å². The molecule has 2 heterocycles. The summed E-state index contributed by atoms with van der Waals surface area (Å²) < 4.78 is 49.2. The molecule has 2 aromatic heterocycles. The molecule has 0 amide bonds. The van der Waals surface area contributed by atoms with Crippen LogP contribution in [0.2, 0.25) is 0 Å². The number of halogens is 3. The normalized spacial score (nSPS) is 11.2. The van der Waals surface area contributed by atoms with Crippen molar-refractivity contribution >= 4 is 23.8 Å². The number of alkyl halides is 3. The predicted octanol–water partition coefficient (Wildman–Crippen LogP) is 5.99. The topological polar surface area (TPSA) is 127 Å². The number of oxazole rings is 1. The van der Waals surface area contributed by atoms with Gasteiger partial charge in [0.15, 0.2) is 5.69 Å². The number of carboxylic acid groups (broad SMARTS) is 1. The maximum atomic E-state index is 12.4. The van der Waals surface area contributed by atoms with Crippen LogP contribution in [-0.2, 0) is 12.7 Å². The maximum Gasteiger partial charge on any atom is 0.416 e. The quantitative estimate of drug-likeness (QED) is 0.294. The van der Waals surface area contributed by atoms with Crippen LogP contribution in [0.4, 0.5) is 18.9 Å². The molecule has 4 aromatic rings. The number of carbonyl (C=O) groups is 1. The maximum absolute atomic E-state index is 12.4. The zero-order valence-electron chi connectivity index (χ0n) is 18.7. The van der Waals surface area contributed by atoms with Gasteiger partial charge in [0, 0.05) is 25.2 Å². The van der Waals surface area contributed by atoms with Crippen molar-refractivity contribution in [3.8, 4) is 5.75 Å². The summed E-state index contributed by atoms with van der Waals surface area (Å²) in [6.07, 6.45) is 3.82. The second-order valence-electron chi connectivity index (χ2n) is 7.22. The van der Waals surface area contributed by atoms with Gasteiger partial charge in [-0.15, -0.1) is 10.8 Å². The lowest BCUT2D eigenvalue weighted by atomic mass is 10.1. The molecule has 188 valence electrons. The highest BCUT2D eigenvalue weighted by molar-refractivity contribution is 5.85. The van der Waals surface area contributed by atoms with Crippen molar-refractivity contribution in [2.45, 2.75) is 19.1 Å². The molecule has 2 N–H and O–H groups in total. The summed E-state index contributed by atoms with van der Waals surface area (Å²) in [6, 6.07) is 11.5. The van der Waals surface area contributed by atoms with E-state index in [2.05, 4.69) is 15.3 Å². The Morgan fingerprint density at radius 3 is 2.42 bits per heavy atom. The number of hydrogen-bond donors (Lipinski definition) is 1. The van der Waals surface area contributed by atoms with Crippen LogP contribution in [0, 0.1) is 0 Å². The van der Waals surface area contributed by atoms with E-state index in [4.69, 9.17) is 20.0 Å². The van der Waals surface area contributed by atoms with Crippen LogP contribution < -0.4 is 4.74 Å². The van der Waals surface area contributed by atoms with Crippen molar-refractivity contribution in [1.29, 1.82) is 0 Å². The van der Waals surface area contributed by atoms with Gasteiger partial charge < -0.3 is 20.0 Å². The van der Waals surface area contributed by atoms with Gasteiger partial charge in [0.25, 0.3) is 0 Å². The smallest absolute Gasteiger partial charge is 0.416 e. The molecule has 0 aliphatic heterocycles. The Morgan fingerprint density at radius 1 is 1.11 bits per heavy atom. The van der Waals surface area contributed by atoms with Crippen molar-refractivity contribution in [3.05, 3.63) is 95.6 Å². The van der Waals surface area contributed by atoms with Gasteiger partial charge in [0.1, 0.15) is 12.0 Å². The molecule has 0 spiro atoms. The summed E-state index contributed by atoms with van der Waals surface area (Å²) in [5.41, 5.74) is 7.35. The number of hydrogen-bond acceptors (Lipinski definition) is 6. The largest absolute Gasteiger partial charge is 0.699 e. The molecule has 0 radical (unpaired) electrons. The van der Waals surface area contributed by atoms with Crippen LogP contribution in [0.15, 0.2) is 71.6 Å². The average Bonchev–Trinajstić information content (AvgIpc) is 3.54. The zero-order valence-corrected chi connectivity index (χ0v) is 18.7. The van der Waals surface area contributed by atoms with E-state index in [1.54, 1.807) is 35.1 Å². The van der Waals surface area contributed by atoms with Gasteiger partial charge in [-0.1, -0.05) is 29.5 Å². The fourth-order valence-electron chi connectivity index (χ4n) is 2.73. The Bertz CT molecular complexity index is 1250. The zero-order chi connectivity index (χ0) is 26.0. The Balaban J connectivity index is 0.000000205. The van der Waals surface area contributed by atoms with Crippen LogP contribution in [0.5, 0.6) is 5.75 Å². The molecule has 0 aliphatic rings. The Kier molecular flexibility index (Phi) is 8.81. The fourth-order valence-corrected chi connectivity index (χ4v) is 2.73. The van der Waals surface area contributed by atoms with Gasteiger partial charge >= 0.3 is 12.1 Å². The predicted molar refractivity (Wildman–Crippen MR) is 124 cm³/mol. The second-order valence-corrected chi connectivity index (χ2v) is 7.22. The molecule has 0 unspecified atom stereocenters. The molecule has 0 atom stereocenters. The highest BCUT2D eigenvalue weighted by Gasteiger charge is 2.29. The molecule has 12 heteroatoms. The first kappa shape index (κ1) is 26.0. The molecule has 2 aromatic carbocycles. The van der Waals surface area contributed by atoms with E-state index >= 15 is 0 Å². The fraction of sp³-hybridized carbons (Fsp3) is 0.167. The Labute approximate surface area is 203 Å². The summed E-state index contributed by atoms with van der Waals surface area (Å²) in [4.78, 5) is 14.2. The van der Waals surface area contributed by atoms with E-state index in [0.29, 0.717) is 17.9 Å². The van der Waals surface area contributed by atoms with Crippen molar-refractivity contribution in [2.24, 2.45) is 0 Å². The molecule has 0 bridgehead atoms. The van der Waals surface area contributed by atoms with Crippen LogP contribution >= 0.6 is 0 Å². The summed E-state index contributed by atoms with van der Waals surface area (Å²) in [5.74, 6) is -0.361. The average molecular weight is 500 g/mol. The number of carboxylic acids is 1. The van der Waals surface area contributed by atoms with E-state index in [0.717, 1.165) is 37.1 Å². The molecule has 9 nitrogen and oxygen atoms in total. The molecule has 4 rings (SSSR count). The summed E-state index contributed by atoms with van der Waals surface area (Å²) in [7, 11) is 0. The molecule has 0 saturated carbocycles. The van der Waals surface area contributed by atoms with Gasteiger partial charge in [-0.05, 0) is 35.9 Å².